The minimum atomic E-state index is -1.36. The number of hydrogen-bond acceptors (Lipinski definition) is 5. The van der Waals surface area contributed by atoms with Gasteiger partial charge in [0.15, 0.2) is 0 Å². The molecule has 0 fully saturated rings. The van der Waals surface area contributed by atoms with E-state index < -0.39 is 56.9 Å². The van der Waals surface area contributed by atoms with Crippen LogP contribution in [-0.4, -0.2) is 10.9 Å². The lowest BCUT2D eigenvalue weighted by Gasteiger charge is -2.15. The Hall–Kier alpha value is -3.10. The van der Waals surface area contributed by atoms with Crippen LogP contribution in [0.4, 0.5) is 24.5 Å². The lowest BCUT2D eigenvalue weighted by molar-refractivity contribution is -0.384. The number of nitrogen functional groups attached to an aromatic ring is 1. The molecule has 2 rings (SSSR count). The van der Waals surface area contributed by atoms with Crippen LogP contribution >= 0.6 is 0 Å². The summed E-state index contributed by atoms with van der Waals surface area (Å²) < 4.78 is 45.6. The lowest BCUT2D eigenvalue weighted by Crippen LogP contribution is -2.14. The summed E-state index contributed by atoms with van der Waals surface area (Å²) in [5.74, 6) is -4.19. The van der Waals surface area contributed by atoms with Crippen LogP contribution in [0, 0.1) is 27.6 Å². The van der Waals surface area contributed by atoms with Gasteiger partial charge in [0.25, 0.3) is 5.69 Å². The van der Waals surface area contributed by atoms with E-state index in [1.54, 1.807) is 0 Å². The number of ether oxygens (including phenoxy) is 1. The zero-order valence-corrected chi connectivity index (χ0v) is 12.3. The highest BCUT2D eigenvalue weighted by atomic mass is 19.1. The van der Waals surface area contributed by atoms with Crippen molar-refractivity contribution < 1.29 is 27.6 Å². The molecule has 0 saturated carbocycles. The number of anilines is 1. The predicted octanol–water partition coefficient (Wildman–Crippen LogP) is 3.51. The molecule has 2 aromatic carbocycles. The van der Waals surface area contributed by atoms with Crippen LogP contribution in [0.15, 0.2) is 30.3 Å². The Morgan fingerprint density at radius 1 is 1.25 bits per heavy atom. The first-order chi connectivity index (χ1) is 11.2. The summed E-state index contributed by atoms with van der Waals surface area (Å²) in [5, 5.41) is 10.8. The second kappa shape index (κ2) is 6.57. The number of nitro groups is 1. The van der Waals surface area contributed by atoms with Gasteiger partial charge in [0, 0.05) is 0 Å². The normalized spacial score (nSPS) is 11.8. The fraction of sp³-hybridized carbons (Fsp3) is 0.133. The number of esters is 1. The van der Waals surface area contributed by atoms with Crippen molar-refractivity contribution in [3.8, 4) is 0 Å². The van der Waals surface area contributed by atoms with Crippen molar-refractivity contribution in [2.45, 2.75) is 13.0 Å². The standard InChI is InChI=1S/C15H11F3N2O4/c1-7(13-10(17)3-2-4-11(13)18)24-15(21)9-5-8(16)6-12(14(9)19)20(22)23/h2-7H,19H2,1H3/t7-/m0/s1. The van der Waals surface area contributed by atoms with E-state index in [2.05, 4.69) is 0 Å². The molecule has 1 atom stereocenters. The SMILES string of the molecule is C[C@H](OC(=O)c1cc(F)cc([N+](=O)[O-])c1N)c1c(F)cccc1F. The number of halogens is 3. The molecule has 0 radical (unpaired) electrons. The minimum Gasteiger partial charge on any atom is -0.454 e. The third-order valence-corrected chi connectivity index (χ3v) is 3.23. The smallest absolute Gasteiger partial charge is 0.341 e. The van der Waals surface area contributed by atoms with Crippen LogP contribution in [0.1, 0.15) is 28.9 Å². The summed E-state index contributed by atoms with van der Waals surface area (Å²) in [6.07, 6.45) is -1.36. The average Bonchev–Trinajstić information content (AvgIpc) is 2.48. The summed E-state index contributed by atoms with van der Waals surface area (Å²) in [7, 11) is 0. The van der Waals surface area contributed by atoms with Gasteiger partial charge in [0.05, 0.1) is 22.1 Å². The zero-order valence-electron chi connectivity index (χ0n) is 12.3. The molecule has 0 heterocycles. The van der Waals surface area contributed by atoms with Gasteiger partial charge in [-0.3, -0.25) is 10.1 Å². The topological polar surface area (TPSA) is 95.5 Å². The van der Waals surface area contributed by atoms with Gasteiger partial charge in [-0.15, -0.1) is 0 Å². The molecule has 0 spiro atoms. The molecule has 0 aromatic heterocycles. The minimum absolute atomic E-state index is 0.504. The number of rotatable bonds is 4. The van der Waals surface area contributed by atoms with Crippen molar-refractivity contribution in [3.05, 3.63) is 69.0 Å². The maximum Gasteiger partial charge on any atom is 0.341 e. The van der Waals surface area contributed by atoms with Gasteiger partial charge in [0.2, 0.25) is 0 Å². The first kappa shape index (κ1) is 17.3. The Balaban J connectivity index is 2.35. The number of nitrogens with zero attached hydrogens (tertiary/aromatic N) is 1. The second-order valence-corrected chi connectivity index (χ2v) is 4.83. The predicted molar refractivity (Wildman–Crippen MR) is 77.7 cm³/mol. The Kier molecular flexibility index (Phi) is 4.72. The van der Waals surface area contributed by atoms with Crippen molar-refractivity contribution in [2.75, 3.05) is 5.73 Å². The van der Waals surface area contributed by atoms with E-state index in [0.717, 1.165) is 18.2 Å². The molecule has 2 N–H and O–H groups in total. The summed E-state index contributed by atoms with van der Waals surface area (Å²) in [6, 6.07) is 4.28. The molecule has 126 valence electrons. The summed E-state index contributed by atoms with van der Waals surface area (Å²) in [6.45, 7) is 1.20. The van der Waals surface area contributed by atoms with Crippen LogP contribution in [0.25, 0.3) is 0 Å². The summed E-state index contributed by atoms with van der Waals surface area (Å²) >= 11 is 0. The zero-order chi connectivity index (χ0) is 18.0. The maximum atomic E-state index is 13.7. The molecular weight excluding hydrogens is 329 g/mol. The fourth-order valence-corrected chi connectivity index (χ4v) is 2.11. The summed E-state index contributed by atoms with van der Waals surface area (Å²) in [4.78, 5) is 21.9. The fourth-order valence-electron chi connectivity index (χ4n) is 2.11. The highest BCUT2D eigenvalue weighted by molar-refractivity contribution is 5.97. The monoisotopic (exact) mass is 340 g/mol. The number of hydrogen-bond donors (Lipinski definition) is 1. The van der Waals surface area contributed by atoms with E-state index in [-0.39, 0.29) is 0 Å². The first-order valence-corrected chi connectivity index (χ1v) is 6.60. The van der Waals surface area contributed by atoms with Gasteiger partial charge in [0.1, 0.15) is 29.2 Å². The Morgan fingerprint density at radius 3 is 2.38 bits per heavy atom. The highest BCUT2D eigenvalue weighted by Crippen LogP contribution is 2.30. The van der Waals surface area contributed by atoms with Gasteiger partial charge < -0.3 is 10.5 Å². The number of carbonyl (C=O) groups is 1. The maximum absolute atomic E-state index is 13.7. The molecule has 0 amide bonds. The molecule has 0 aliphatic carbocycles. The molecule has 0 unspecified atom stereocenters. The average molecular weight is 340 g/mol. The van der Waals surface area contributed by atoms with E-state index in [9.17, 15) is 28.1 Å². The molecule has 9 heteroatoms. The van der Waals surface area contributed by atoms with Crippen molar-refractivity contribution in [2.24, 2.45) is 0 Å². The van der Waals surface area contributed by atoms with Crippen LogP contribution < -0.4 is 5.73 Å². The molecule has 6 nitrogen and oxygen atoms in total. The van der Waals surface area contributed by atoms with E-state index in [1.165, 1.54) is 6.92 Å². The number of nitro benzene ring substituents is 1. The quantitative estimate of drug-likeness (QED) is 0.398. The molecule has 0 saturated heterocycles. The van der Waals surface area contributed by atoms with Crippen LogP contribution in [0.5, 0.6) is 0 Å². The Morgan fingerprint density at radius 2 is 1.83 bits per heavy atom. The molecule has 0 bridgehead atoms. The highest BCUT2D eigenvalue weighted by Gasteiger charge is 2.26. The van der Waals surface area contributed by atoms with Crippen LogP contribution in [-0.2, 0) is 4.74 Å². The van der Waals surface area contributed by atoms with Crippen LogP contribution in [0.3, 0.4) is 0 Å². The third kappa shape index (κ3) is 3.29. The van der Waals surface area contributed by atoms with E-state index in [0.29, 0.717) is 12.1 Å². The van der Waals surface area contributed by atoms with E-state index in [1.807, 2.05) is 0 Å². The summed E-state index contributed by atoms with van der Waals surface area (Å²) in [5.41, 5.74) is 2.94. The van der Waals surface area contributed by atoms with Gasteiger partial charge in [-0.2, -0.15) is 0 Å². The van der Waals surface area contributed by atoms with Gasteiger partial charge in [-0.25, -0.2) is 18.0 Å². The molecular formula is C15H11F3N2O4. The van der Waals surface area contributed by atoms with Gasteiger partial charge in [-0.1, -0.05) is 6.07 Å². The largest absolute Gasteiger partial charge is 0.454 e. The van der Waals surface area contributed by atoms with Gasteiger partial charge >= 0.3 is 5.97 Å². The third-order valence-electron chi connectivity index (χ3n) is 3.23. The second-order valence-electron chi connectivity index (χ2n) is 4.83. The number of nitrogens with two attached hydrogens (primary N) is 1. The van der Waals surface area contributed by atoms with Crippen molar-refractivity contribution in [1.29, 1.82) is 0 Å². The van der Waals surface area contributed by atoms with Gasteiger partial charge in [-0.05, 0) is 25.1 Å². The Labute approximate surface area is 133 Å². The molecule has 0 aliphatic heterocycles. The van der Waals surface area contributed by atoms with Crippen molar-refractivity contribution in [3.63, 3.8) is 0 Å². The van der Waals surface area contributed by atoms with Crippen LogP contribution in [0.2, 0.25) is 0 Å². The number of benzene rings is 2. The molecule has 2 aromatic rings. The number of carbonyl (C=O) groups excluding carboxylic acids is 1. The van der Waals surface area contributed by atoms with Crippen molar-refractivity contribution >= 4 is 17.3 Å². The van der Waals surface area contributed by atoms with E-state index in [4.69, 9.17) is 10.5 Å². The lowest BCUT2D eigenvalue weighted by atomic mass is 10.1. The first-order valence-electron chi connectivity index (χ1n) is 6.60. The van der Waals surface area contributed by atoms with Crippen molar-refractivity contribution in [1.82, 2.24) is 0 Å². The Bertz CT molecular complexity index is 806. The van der Waals surface area contributed by atoms with E-state index >= 15 is 0 Å². The molecule has 24 heavy (non-hydrogen) atoms. The molecule has 0 aliphatic rings.